The fraction of sp³-hybridized carbons (Fsp3) is 0.417. The van der Waals surface area contributed by atoms with Crippen LogP contribution in [0.25, 0.3) is 0 Å². The van der Waals surface area contributed by atoms with Crippen molar-refractivity contribution in [2.24, 2.45) is 5.10 Å². The van der Waals surface area contributed by atoms with Crippen LogP contribution in [0.3, 0.4) is 0 Å². The molecular formula is C12H18N3O2+. The molecule has 0 aromatic heterocycles. The van der Waals surface area contributed by atoms with Crippen LogP contribution < -0.4 is 0 Å². The molecule has 0 spiro atoms. The zero-order chi connectivity index (χ0) is 13.1. The monoisotopic (exact) mass is 236 g/mol. The first-order valence-corrected chi connectivity index (χ1v) is 5.49. The first kappa shape index (κ1) is 13.3. The number of nitrogens with zero attached hydrogens (tertiary/aromatic N) is 3. The molecule has 0 aliphatic rings. The lowest BCUT2D eigenvalue weighted by Crippen LogP contribution is -2.29. The Morgan fingerprint density at radius 2 is 1.82 bits per heavy atom. The quantitative estimate of drug-likeness (QED) is 0.349. The van der Waals surface area contributed by atoms with Crippen molar-refractivity contribution in [1.82, 2.24) is 0 Å². The molecule has 0 radical (unpaired) electrons. The molecule has 0 fully saturated rings. The number of rotatable bonds is 4. The Morgan fingerprint density at radius 1 is 1.29 bits per heavy atom. The van der Waals surface area contributed by atoms with Crippen molar-refractivity contribution in [2.75, 3.05) is 21.1 Å². The van der Waals surface area contributed by atoms with E-state index in [2.05, 4.69) is 5.10 Å². The maximum absolute atomic E-state index is 10.6. The van der Waals surface area contributed by atoms with Gasteiger partial charge in [-0.2, -0.15) is 0 Å². The van der Waals surface area contributed by atoms with E-state index in [1.807, 2.05) is 28.1 Å². The van der Waals surface area contributed by atoms with E-state index in [4.69, 9.17) is 0 Å². The minimum absolute atomic E-state index is 0.106. The van der Waals surface area contributed by atoms with Gasteiger partial charge in [0, 0.05) is 17.7 Å². The van der Waals surface area contributed by atoms with Crippen LogP contribution in [0, 0.1) is 10.1 Å². The van der Waals surface area contributed by atoms with Gasteiger partial charge in [0.25, 0.3) is 5.69 Å². The zero-order valence-electron chi connectivity index (χ0n) is 10.7. The highest BCUT2D eigenvalue weighted by Gasteiger charge is 2.11. The Bertz CT molecular complexity index is 430. The molecule has 92 valence electrons. The van der Waals surface area contributed by atoms with Gasteiger partial charge in [-0.25, -0.2) is 4.59 Å². The second-order valence-electron chi connectivity index (χ2n) is 4.65. The summed E-state index contributed by atoms with van der Waals surface area (Å²) in [5, 5.41) is 15.1. The highest BCUT2D eigenvalue weighted by atomic mass is 16.6. The molecule has 0 N–H and O–H groups in total. The molecule has 0 heterocycles. The third-order valence-corrected chi connectivity index (χ3v) is 2.17. The fourth-order valence-electron chi connectivity index (χ4n) is 1.47. The van der Waals surface area contributed by atoms with Gasteiger partial charge in [0.05, 0.1) is 26.1 Å². The minimum Gasteiger partial charge on any atom is -0.258 e. The second-order valence-corrected chi connectivity index (χ2v) is 4.65. The van der Waals surface area contributed by atoms with Crippen molar-refractivity contribution in [3.8, 4) is 0 Å². The van der Waals surface area contributed by atoms with Gasteiger partial charge >= 0.3 is 0 Å². The van der Waals surface area contributed by atoms with Crippen molar-refractivity contribution in [3.05, 3.63) is 39.9 Å². The van der Waals surface area contributed by atoms with Crippen molar-refractivity contribution < 1.29 is 9.52 Å². The number of nitro groups is 1. The van der Waals surface area contributed by atoms with E-state index in [1.54, 1.807) is 12.1 Å². The highest BCUT2D eigenvalue weighted by Crippen LogP contribution is 2.14. The molecule has 0 aliphatic heterocycles. The third-order valence-electron chi connectivity index (χ3n) is 2.17. The van der Waals surface area contributed by atoms with E-state index < -0.39 is 4.92 Å². The van der Waals surface area contributed by atoms with Crippen LogP contribution >= 0.6 is 0 Å². The number of nitro benzene ring substituents is 1. The summed E-state index contributed by atoms with van der Waals surface area (Å²) in [6.45, 7) is 2.02. The van der Waals surface area contributed by atoms with Gasteiger partial charge in [-0.15, -0.1) is 0 Å². The van der Waals surface area contributed by atoms with E-state index in [0.29, 0.717) is 4.59 Å². The lowest BCUT2D eigenvalue weighted by molar-refractivity contribution is -0.877. The summed E-state index contributed by atoms with van der Waals surface area (Å²) >= 11 is 0. The van der Waals surface area contributed by atoms with Crippen molar-refractivity contribution in [3.63, 3.8) is 0 Å². The average molecular weight is 236 g/mol. The largest absolute Gasteiger partial charge is 0.269 e. The summed E-state index contributed by atoms with van der Waals surface area (Å²) in [5.41, 5.74) is 1.99. The van der Waals surface area contributed by atoms with Crippen LogP contribution in [0.5, 0.6) is 0 Å². The van der Waals surface area contributed by atoms with Crippen LogP contribution in [0.4, 0.5) is 5.69 Å². The van der Waals surface area contributed by atoms with E-state index in [0.717, 1.165) is 17.7 Å². The molecule has 1 aromatic carbocycles. The Labute approximate surface area is 101 Å². The molecule has 0 aliphatic carbocycles. The van der Waals surface area contributed by atoms with Gasteiger partial charge in [0.1, 0.15) is 5.71 Å². The summed E-state index contributed by atoms with van der Waals surface area (Å²) < 4.78 is 0.486. The molecule has 1 aromatic rings. The smallest absolute Gasteiger partial charge is 0.258 e. The fourth-order valence-corrected chi connectivity index (χ4v) is 1.47. The molecule has 5 heteroatoms. The summed E-state index contributed by atoms with van der Waals surface area (Å²) in [4.78, 5) is 10.2. The van der Waals surface area contributed by atoms with Crippen LogP contribution in [-0.2, 0) is 0 Å². The lowest BCUT2D eigenvalue weighted by Gasteiger charge is -2.17. The maximum atomic E-state index is 10.6. The predicted molar refractivity (Wildman–Crippen MR) is 68.0 cm³/mol. The summed E-state index contributed by atoms with van der Waals surface area (Å²) in [6, 6.07) is 6.51. The summed E-state index contributed by atoms with van der Waals surface area (Å²) in [5.74, 6) is 0. The van der Waals surface area contributed by atoms with Gasteiger partial charge in [0.2, 0.25) is 0 Å². The van der Waals surface area contributed by atoms with Crippen molar-refractivity contribution >= 4 is 11.4 Å². The number of hydrogen-bond donors (Lipinski definition) is 0. The molecular weight excluding hydrogens is 218 g/mol. The van der Waals surface area contributed by atoms with Gasteiger partial charge in [-0.3, -0.25) is 10.1 Å². The Hall–Kier alpha value is -1.75. The van der Waals surface area contributed by atoms with E-state index in [-0.39, 0.29) is 5.69 Å². The summed E-state index contributed by atoms with van der Waals surface area (Å²) in [6.07, 6.45) is 0.799. The molecule has 0 amide bonds. The van der Waals surface area contributed by atoms with Gasteiger partial charge in [-0.05, 0) is 18.6 Å². The predicted octanol–water partition coefficient (Wildman–Crippen LogP) is 2.42. The van der Waals surface area contributed by atoms with E-state index in [9.17, 15) is 10.1 Å². The van der Waals surface area contributed by atoms with Crippen LogP contribution in [-0.4, -0.2) is 36.4 Å². The van der Waals surface area contributed by atoms with E-state index >= 15 is 0 Å². The first-order chi connectivity index (χ1) is 7.83. The first-order valence-electron chi connectivity index (χ1n) is 5.49. The van der Waals surface area contributed by atoms with Gasteiger partial charge in [-0.1, -0.05) is 12.0 Å². The van der Waals surface area contributed by atoms with Crippen molar-refractivity contribution in [2.45, 2.75) is 13.3 Å². The average Bonchev–Trinajstić information content (AvgIpc) is 2.25. The molecule has 0 bridgehead atoms. The molecule has 0 unspecified atom stereocenters. The normalized spacial score (nSPS) is 12.6. The molecule has 17 heavy (non-hydrogen) atoms. The van der Waals surface area contributed by atoms with Gasteiger partial charge in [0.15, 0.2) is 0 Å². The molecule has 0 saturated carbocycles. The highest BCUT2D eigenvalue weighted by molar-refractivity contribution is 6.00. The molecule has 5 nitrogen and oxygen atoms in total. The summed E-state index contributed by atoms with van der Waals surface area (Å²) in [7, 11) is 5.92. The number of hydrogen-bond acceptors (Lipinski definition) is 3. The van der Waals surface area contributed by atoms with Crippen LogP contribution in [0.15, 0.2) is 29.4 Å². The Kier molecular flexibility index (Phi) is 3.96. The second kappa shape index (κ2) is 5.05. The van der Waals surface area contributed by atoms with E-state index in [1.165, 1.54) is 12.1 Å². The minimum atomic E-state index is -0.396. The topological polar surface area (TPSA) is 55.5 Å². The maximum Gasteiger partial charge on any atom is 0.269 e. The number of benzene rings is 1. The SMILES string of the molecule is CC/C(=N\[N+](C)(C)C)c1ccc([N+](=O)[O-])cc1. The molecule has 0 atom stereocenters. The standard InChI is InChI=1S/C12H18N3O2/c1-5-12(13-15(2,3)4)10-6-8-11(9-7-10)14(16)17/h6-9H,5H2,1-4H3/q+1/b13-12+. The molecule has 1 rings (SSSR count). The Balaban J connectivity index is 3.06. The third kappa shape index (κ3) is 3.96. The van der Waals surface area contributed by atoms with Gasteiger partial charge < -0.3 is 0 Å². The van der Waals surface area contributed by atoms with Crippen molar-refractivity contribution in [1.29, 1.82) is 0 Å². The lowest BCUT2D eigenvalue weighted by atomic mass is 10.1. The van der Waals surface area contributed by atoms with Crippen LogP contribution in [0.1, 0.15) is 18.9 Å². The Morgan fingerprint density at radius 3 is 2.18 bits per heavy atom. The van der Waals surface area contributed by atoms with Crippen LogP contribution in [0.2, 0.25) is 0 Å². The molecule has 0 saturated heterocycles. The zero-order valence-corrected chi connectivity index (χ0v) is 10.7. The number of non-ortho nitro benzene ring substituents is 1. The number of quaternary nitrogens is 1.